The van der Waals surface area contributed by atoms with Gasteiger partial charge in [0, 0.05) is 12.0 Å². The summed E-state index contributed by atoms with van der Waals surface area (Å²) in [6.07, 6.45) is 0.601. The van der Waals surface area contributed by atoms with Gasteiger partial charge >= 0.3 is 5.97 Å². The molecule has 9 heavy (non-hydrogen) atoms. The molecule has 0 aromatic carbocycles. The van der Waals surface area contributed by atoms with E-state index < -0.39 is 5.97 Å². The fraction of sp³-hybridized carbons (Fsp3) is 0.500. The van der Waals surface area contributed by atoms with E-state index in [9.17, 15) is 4.79 Å². The fourth-order valence-electron chi connectivity index (χ4n) is 0.548. The molecule has 0 spiro atoms. The molecule has 3 heteroatoms. The minimum Gasteiger partial charge on any atom is -0.478 e. The maximum absolute atomic E-state index is 10.1. The zero-order valence-electron chi connectivity index (χ0n) is 4.96. The van der Waals surface area contributed by atoms with Crippen molar-refractivity contribution in [2.45, 2.75) is 12.5 Å². The topological polar surface area (TPSA) is 49.8 Å². The summed E-state index contributed by atoms with van der Waals surface area (Å²) >= 11 is 0. The van der Waals surface area contributed by atoms with Crippen LogP contribution in [0.1, 0.15) is 6.42 Å². The van der Waals surface area contributed by atoms with Crippen molar-refractivity contribution in [2.24, 2.45) is 0 Å². The van der Waals surface area contributed by atoms with Gasteiger partial charge in [-0.2, -0.15) is 0 Å². The first kappa shape index (κ1) is 6.29. The van der Waals surface area contributed by atoms with Gasteiger partial charge in [0.25, 0.3) is 0 Å². The smallest absolute Gasteiger partial charge is 0.331 e. The van der Waals surface area contributed by atoms with Gasteiger partial charge in [-0.25, -0.2) is 4.79 Å². The summed E-state index contributed by atoms with van der Waals surface area (Å²) in [4.78, 5) is 10.1. The van der Waals surface area contributed by atoms with Gasteiger partial charge in [0.15, 0.2) is 0 Å². The van der Waals surface area contributed by atoms with Crippen molar-refractivity contribution >= 4 is 5.97 Å². The minimum atomic E-state index is -0.925. The van der Waals surface area contributed by atoms with Crippen LogP contribution in [0.25, 0.3) is 0 Å². The number of carbonyl (C=O) groups is 1. The summed E-state index contributed by atoms with van der Waals surface area (Å²) in [5.41, 5.74) is 0.234. The van der Waals surface area contributed by atoms with Crippen molar-refractivity contribution in [3.8, 4) is 0 Å². The quantitative estimate of drug-likeness (QED) is 0.442. The van der Waals surface area contributed by atoms with Gasteiger partial charge in [0.2, 0.25) is 0 Å². The van der Waals surface area contributed by atoms with E-state index in [1.54, 1.807) is 0 Å². The Morgan fingerprint density at radius 2 is 2.44 bits per heavy atom. The first-order chi connectivity index (χ1) is 4.20. The lowest BCUT2D eigenvalue weighted by Crippen LogP contribution is -2.01. The van der Waals surface area contributed by atoms with Crippen molar-refractivity contribution in [3.63, 3.8) is 0 Å². The Hall–Kier alpha value is -0.830. The van der Waals surface area contributed by atoms with Crippen LogP contribution in [0.5, 0.6) is 0 Å². The van der Waals surface area contributed by atoms with Crippen LogP contribution in [0.3, 0.4) is 0 Å². The molecule has 1 saturated heterocycles. The highest BCUT2D eigenvalue weighted by atomic mass is 16.6. The van der Waals surface area contributed by atoms with Gasteiger partial charge in [-0.15, -0.1) is 0 Å². The van der Waals surface area contributed by atoms with Crippen LogP contribution in [0, 0.1) is 0 Å². The number of ether oxygens (including phenoxy) is 1. The van der Waals surface area contributed by atoms with Crippen molar-refractivity contribution in [3.05, 3.63) is 12.2 Å². The second-order valence-corrected chi connectivity index (χ2v) is 2.07. The molecule has 1 N–H and O–H groups in total. The Balaban J connectivity index is 2.25. The predicted molar refractivity (Wildman–Crippen MR) is 31.1 cm³/mol. The lowest BCUT2D eigenvalue weighted by Gasteiger charge is -1.92. The lowest BCUT2D eigenvalue weighted by atomic mass is 10.2. The summed E-state index contributed by atoms with van der Waals surface area (Å²) < 4.78 is 4.81. The monoisotopic (exact) mass is 128 g/mol. The van der Waals surface area contributed by atoms with Gasteiger partial charge in [-0.3, -0.25) is 0 Å². The maximum atomic E-state index is 10.1. The Kier molecular flexibility index (Phi) is 1.53. The molecule has 0 saturated carbocycles. The average molecular weight is 128 g/mol. The highest BCUT2D eigenvalue weighted by Gasteiger charge is 2.24. The Morgan fingerprint density at radius 1 is 1.89 bits per heavy atom. The second-order valence-electron chi connectivity index (χ2n) is 2.07. The fourth-order valence-corrected chi connectivity index (χ4v) is 0.548. The van der Waals surface area contributed by atoms with Crippen LogP contribution in [-0.4, -0.2) is 23.8 Å². The minimum absolute atomic E-state index is 0.133. The first-order valence-corrected chi connectivity index (χ1v) is 2.73. The SMILES string of the molecule is C=C(C[C@@H]1CO1)C(=O)O. The zero-order valence-corrected chi connectivity index (χ0v) is 4.96. The van der Waals surface area contributed by atoms with Gasteiger partial charge in [-0.1, -0.05) is 6.58 Å². The molecule has 0 aliphatic carbocycles. The number of epoxide rings is 1. The third kappa shape index (κ3) is 1.85. The van der Waals surface area contributed by atoms with E-state index >= 15 is 0 Å². The molecule has 50 valence electrons. The van der Waals surface area contributed by atoms with E-state index in [2.05, 4.69) is 6.58 Å². The molecule has 0 aromatic heterocycles. The van der Waals surface area contributed by atoms with E-state index in [1.807, 2.05) is 0 Å². The molecular weight excluding hydrogens is 120 g/mol. The standard InChI is InChI=1S/C6H8O3/c1-4(6(7)8)2-5-3-9-5/h5H,1-3H2,(H,7,8)/t5-/m1/s1. The molecule has 0 radical (unpaired) electrons. The summed E-state index contributed by atoms with van der Waals surface area (Å²) in [5, 5.41) is 8.30. The largest absolute Gasteiger partial charge is 0.478 e. The number of rotatable bonds is 3. The Morgan fingerprint density at radius 3 is 2.78 bits per heavy atom. The molecule has 1 heterocycles. The average Bonchev–Trinajstić information content (AvgIpc) is 2.50. The molecule has 1 atom stereocenters. The molecule has 1 rings (SSSR count). The molecule has 0 amide bonds. The number of hydrogen-bond donors (Lipinski definition) is 1. The highest BCUT2D eigenvalue weighted by Crippen LogP contribution is 2.17. The Labute approximate surface area is 52.9 Å². The van der Waals surface area contributed by atoms with E-state index in [-0.39, 0.29) is 11.7 Å². The van der Waals surface area contributed by atoms with E-state index in [1.165, 1.54) is 0 Å². The molecule has 3 nitrogen and oxygen atoms in total. The van der Waals surface area contributed by atoms with E-state index in [4.69, 9.17) is 9.84 Å². The van der Waals surface area contributed by atoms with Crippen LogP contribution in [0.4, 0.5) is 0 Å². The molecule has 1 fully saturated rings. The zero-order chi connectivity index (χ0) is 6.85. The van der Waals surface area contributed by atoms with Crippen molar-refractivity contribution in [2.75, 3.05) is 6.61 Å². The molecule has 0 unspecified atom stereocenters. The van der Waals surface area contributed by atoms with Crippen LogP contribution < -0.4 is 0 Å². The van der Waals surface area contributed by atoms with Gasteiger partial charge in [-0.05, 0) is 0 Å². The van der Waals surface area contributed by atoms with Gasteiger partial charge in [0.05, 0.1) is 12.7 Å². The number of hydrogen-bond acceptors (Lipinski definition) is 2. The van der Waals surface area contributed by atoms with Crippen LogP contribution >= 0.6 is 0 Å². The van der Waals surface area contributed by atoms with Crippen molar-refractivity contribution in [1.29, 1.82) is 0 Å². The Bertz CT molecular complexity index is 146. The van der Waals surface area contributed by atoms with Crippen LogP contribution in [0.15, 0.2) is 12.2 Å². The highest BCUT2D eigenvalue weighted by molar-refractivity contribution is 5.85. The number of aliphatic carboxylic acids is 1. The van der Waals surface area contributed by atoms with Crippen LogP contribution in [0.2, 0.25) is 0 Å². The third-order valence-electron chi connectivity index (χ3n) is 1.18. The molecule has 0 aromatic rings. The van der Waals surface area contributed by atoms with Crippen molar-refractivity contribution < 1.29 is 14.6 Å². The van der Waals surface area contributed by atoms with E-state index in [0.29, 0.717) is 13.0 Å². The second kappa shape index (κ2) is 2.19. The number of carboxylic acids is 1. The molecule has 1 aliphatic rings. The summed E-state index contributed by atoms with van der Waals surface area (Å²) in [6, 6.07) is 0. The number of carboxylic acid groups (broad SMARTS) is 1. The molecule has 1 aliphatic heterocycles. The predicted octanol–water partition coefficient (Wildman–Crippen LogP) is 0.416. The van der Waals surface area contributed by atoms with Crippen molar-refractivity contribution in [1.82, 2.24) is 0 Å². The molecular formula is C6H8O3. The van der Waals surface area contributed by atoms with Gasteiger partial charge in [0.1, 0.15) is 0 Å². The summed E-state index contributed by atoms with van der Waals surface area (Å²) in [6.45, 7) is 4.04. The normalized spacial score (nSPS) is 23.3. The summed E-state index contributed by atoms with van der Waals surface area (Å²) in [5.74, 6) is -0.925. The molecule has 0 bridgehead atoms. The lowest BCUT2D eigenvalue weighted by molar-refractivity contribution is -0.132. The summed E-state index contributed by atoms with van der Waals surface area (Å²) in [7, 11) is 0. The third-order valence-corrected chi connectivity index (χ3v) is 1.18. The van der Waals surface area contributed by atoms with Crippen LogP contribution in [-0.2, 0) is 9.53 Å². The first-order valence-electron chi connectivity index (χ1n) is 2.73. The maximum Gasteiger partial charge on any atom is 0.331 e. The van der Waals surface area contributed by atoms with E-state index in [0.717, 1.165) is 0 Å². The van der Waals surface area contributed by atoms with Gasteiger partial charge < -0.3 is 9.84 Å².